The Morgan fingerprint density at radius 1 is 1.33 bits per heavy atom. The van der Waals surface area contributed by atoms with Crippen LogP contribution < -0.4 is 5.73 Å². The molecule has 0 aliphatic heterocycles. The Morgan fingerprint density at radius 2 is 2.04 bits per heavy atom. The molecular formula is C18H22F2N2O2. The normalized spacial score (nSPS) is 18.1. The molecule has 2 aromatic rings. The number of nitrogens with zero attached hydrogens (tertiary/aromatic N) is 1. The fraction of sp³-hybridized carbons (Fsp3) is 0.500. The first-order valence-corrected chi connectivity index (χ1v) is 8.32. The van der Waals surface area contributed by atoms with Crippen LogP contribution in [0.2, 0.25) is 0 Å². The average Bonchev–Trinajstić information content (AvgIpc) is 2.84. The summed E-state index contributed by atoms with van der Waals surface area (Å²) in [5, 5.41) is 9.40. The van der Waals surface area contributed by atoms with Crippen molar-refractivity contribution in [3.8, 4) is 0 Å². The zero-order valence-corrected chi connectivity index (χ0v) is 13.5. The third-order valence-corrected chi connectivity index (χ3v) is 4.98. The minimum Gasteiger partial charge on any atom is -0.396 e. The summed E-state index contributed by atoms with van der Waals surface area (Å²) in [5.41, 5.74) is 8.42. The second-order valence-electron chi connectivity index (χ2n) is 6.60. The Kier molecular flexibility index (Phi) is 4.58. The number of hydrogen-bond donors (Lipinski definition) is 2. The highest BCUT2D eigenvalue weighted by molar-refractivity contribution is 6.02. The molecule has 0 saturated heterocycles. The van der Waals surface area contributed by atoms with Crippen molar-refractivity contribution >= 4 is 11.4 Å². The number of alkyl halides is 2. The zero-order chi connectivity index (χ0) is 17.3. The van der Waals surface area contributed by atoms with E-state index in [9.17, 15) is 18.7 Å². The largest absolute Gasteiger partial charge is 0.396 e. The maximum Gasteiger partial charge on any atom is 0.251 e. The number of aromatic nitrogens is 1. The van der Waals surface area contributed by atoms with Gasteiger partial charge in [-0.15, -0.1) is 0 Å². The van der Waals surface area contributed by atoms with Crippen LogP contribution in [0.3, 0.4) is 0 Å². The van der Waals surface area contributed by atoms with Crippen LogP contribution in [-0.2, 0) is 12.8 Å². The summed E-state index contributed by atoms with van der Waals surface area (Å²) in [6, 6.07) is 5.50. The molecule has 4 nitrogen and oxygen atoms in total. The van der Waals surface area contributed by atoms with Gasteiger partial charge in [0.15, 0.2) is 0 Å². The number of amides is 1. The molecule has 0 radical (unpaired) electrons. The van der Waals surface area contributed by atoms with Crippen LogP contribution in [0.25, 0.3) is 5.52 Å². The summed E-state index contributed by atoms with van der Waals surface area (Å²) in [6.45, 7) is -0.0467. The number of halogens is 2. The van der Waals surface area contributed by atoms with Crippen LogP contribution in [-0.4, -0.2) is 27.9 Å². The van der Waals surface area contributed by atoms with Crippen molar-refractivity contribution in [1.29, 1.82) is 0 Å². The quantitative estimate of drug-likeness (QED) is 0.881. The fourth-order valence-corrected chi connectivity index (χ4v) is 3.79. The van der Waals surface area contributed by atoms with Crippen molar-refractivity contribution in [2.75, 3.05) is 6.61 Å². The van der Waals surface area contributed by atoms with E-state index in [-0.39, 0.29) is 25.4 Å². The number of fused-ring (bicyclic) bond motifs is 1. The lowest BCUT2D eigenvalue weighted by Crippen LogP contribution is -2.26. The van der Waals surface area contributed by atoms with Crippen LogP contribution in [0.5, 0.6) is 0 Å². The fourth-order valence-electron chi connectivity index (χ4n) is 3.79. The summed E-state index contributed by atoms with van der Waals surface area (Å²) < 4.78 is 28.6. The van der Waals surface area contributed by atoms with Gasteiger partial charge >= 0.3 is 0 Å². The van der Waals surface area contributed by atoms with E-state index in [1.807, 2.05) is 28.8 Å². The Labute approximate surface area is 139 Å². The second kappa shape index (κ2) is 6.51. The molecule has 1 fully saturated rings. The molecule has 2 heterocycles. The summed E-state index contributed by atoms with van der Waals surface area (Å²) in [5.74, 6) is -2.97. The molecule has 0 unspecified atom stereocenters. The van der Waals surface area contributed by atoms with E-state index >= 15 is 0 Å². The Morgan fingerprint density at radius 3 is 2.67 bits per heavy atom. The van der Waals surface area contributed by atoms with Crippen LogP contribution in [0.15, 0.2) is 24.4 Å². The van der Waals surface area contributed by atoms with E-state index in [0.717, 1.165) is 11.3 Å². The SMILES string of the molecule is NC(=O)c1c(CC2CCC(F)(F)CC2)c(CCO)n2ccccc12. The molecule has 6 heteroatoms. The van der Waals surface area contributed by atoms with Crippen LogP contribution >= 0.6 is 0 Å². The molecule has 0 spiro atoms. The predicted molar refractivity (Wildman–Crippen MR) is 87.3 cm³/mol. The topological polar surface area (TPSA) is 67.7 Å². The predicted octanol–water partition coefficient (Wildman–Crippen LogP) is 2.94. The lowest BCUT2D eigenvalue weighted by molar-refractivity contribution is -0.0456. The summed E-state index contributed by atoms with van der Waals surface area (Å²) in [7, 11) is 0. The summed E-state index contributed by atoms with van der Waals surface area (Å²) in [6.07, 6.45) is 3.46. The second-order valence-corrected chi connectivity index (χ2v) is 6.60. The van der Waals surface area contributed by atoms with E-state index in [4.69, 9.17) is 5.73 Å². The van der Waals surface area contributed by atoms with Crippen molar-refractivity contribution in [3.63, 3.8) is 0 Å². The Bertz CT molecular complexity index is 745. The number of hydrogen-bond acceptors (Lipinski definition) is 2. The number of carbonyl (C=O) groups is 1. The molecule has 130 valence electrons. The lowest BCUT2D eigenvalue weighted by Gasteiger charge is -2.28. The van der Waals surface area contributed by atoms with Crippen molar-refractivity contribution in [2.45, 2.75) is 44.4 Å². The number of rotatable bonds is 5. The van der Waals surface area contributed by atoms with Gasteiger partial charge in [-0.25, -0.2) is 8.78 Å². The van der Waals surface area contributed by atoms with Crippen molar-refractivity contribution < 1.29 is 18.7 Å². The number of carbonyl (C=O) groups excluding carboxylic acids is 1. The van der Waals surface area contributed by atoms with Gasteiger partial charge in [0, 0.05) is 37.8 Å². The molecule has 1 amide bonds. The van der Waals surface area contributed by atoms with Gasteiger partial charge in [-0.2, -0.15) is 0 Å². The molecule has 2 aromatic heterocycles. The van der Waals surface area contributed by atoms with Crippen molar-refractivity contribution in [1.82, 2.24) is 4.40 Å². The van der Waals surface area contributed by atoms with Gasteiger partial charge in [-0.1, -0.05) is 6.07 Å². The molecule has 1 aliphatic rings. The van der Waals surface area contributed by atoms with Gasteiger partial charge in [0.25, 0.3) is 5.91 Å². The third-order valence-electron chi connectivity index (χ3n) is 4.98. The number of pyridine rings is 1. The summed E-state index contributed by atoms with van der Waals surface area (Å²) in [4.78, 5) is 12.0. The highest BCUT2D eigenvalue weighted by Crippen LogP contribution is 2.39. The van der Waals surface area contributed by atoms with Gasteiger partial charge in [-0.05, 0) is 42.9 Å². The zero-order valence-electron chi connectivity index (χ0n) is 13.5. The molecule has 24 heavy (non-hydrogen) atoms. The smallest absolute Gasteiger partial charge is 0.251 e. The monoisotopic (exact) mass is 336 g/mol. The van der Waals surface area contributed by atoms with Crippen molar-refractivity contribution in [2.24, 2.45) is 11.7 Å². The minimum atomic E-state index is -2.57. The van der Waals surface area contributed by atoms with E-state index in [0.29, 0.717) is 36.8 Å². The number of nitrogens with two attached hydrogens (primary N) is 1. The van der Waals surface area contributed by atoms with Gasteiger partial charge in [0.1, 0.15) is 0 Å². The standard InChI is InChI=1S/C18H22F2N2O2/c19-18(20)7-4-12(5-8-18)11-13-14(6-10-23)22-9-2-1-3-15(22)16(13)17(21)24/h1-3,9,12,23H,4-8,10-11H2,(H2,21,24). The Balaban J connectivity index is 2.00. The molecule has 0 atom stereocenters. The minimum absolute atomic E-state index is 0.0467. The Hall–Kier alpha value is -1.95. The van der Waals surface area contributed by atoms with E-state index in [2.05, 4.69) is 0 Å². The van der Waals surface area contributed by atoms with Gasteiger partial charge in [-0.3, -0.25) is 4.79 Å². The van der Waals surface area contributed by atoms with Gasteiger partial charge in [0.2, 0.25) is 5.92 Å². The average molecular weight is 336 g/mol. The molecular weight excluding hydrogens is 314 g/mol. The first kappa shape index (κ1) is 16.9. The van der Waals surface area contributed by atoms with Crippen LogP contribution in [0.1, 0.15) is 47.3 Å². The molecule has 1 saturated carbocycles. The van der Waals surface area contributed by atoms with E-state index < -0.39 is 11.8 Å². The first-order valence-electron chi connectivity index (χ1n) is 8.32. The highest BCUT2D eigenvalue weighted by atomic mass is 19.3. The van der Waals surface area contributed by atoms with Crippen molar-refractivity contribution in [3.05, 3.63) is 41.2 Å². The van der Waals surface area contributed by atoms with Gasteiger partial charge < -0.3 is 15.2 Å². The molecule has 3 N–H and O–H groups in total. The maximum absolute atomic E-state index is 13.4. The van der Waals surface area contributed by atoms with Crippen LogP contribution in [0, 0.1) is 5.92 Å². The lowest BCUT2D eigenvalue weighted by atomic mass is 9.82. The van der Waals surface area contributed by atoms with E-state index in [1.54, 1.807) is 0 Å². The highest BCUT2D eigenvalue weighted by Gasteiger charge is 2.35. The third kappa shape index (κ3) is 3.15. The van der Waals surface area contributed by atoms with Gasteiger partial charge in [0.05, 0.1) is 11.1 Å². The number of aliphatic hydroxyl groups excluding tert-OH is 1. The number of primary amides is 1. The number of aliphatic hydroxyl groups is 1. The molecule has 1 aliphatic carbocycles. The molecule has 0 aromatic carbocycles. The molecule has 0 bridgehead atoms. The first-order chi connectivity index (χ1) is 11.4. The molecule has 3 rings (SSSR count). The van der Waals surface area contributed by atoms with Crippen LogP contribution in [0.4, 0.5) is 8.78 Å². The summed E-state index contributed by atoms with van der Waals surface area (Å²) >= 11 is 0. The maximum atomic E-state index is 13.4. The van der Waals surface area contributed by atoms with E-state index in [1.165, 1.54) is 0 Å².